The fraction of sp³-hybridized carbons (Fsp3) is 0.533. The summed E-state index contributed by atoms with van der Waals surface area (Å²) in [5, 5.41) is 0. The summed E-state index contributed by atoms with van der Waals surface area (Å²) in [4.78, 5) is 2.22. The van der Waals surface area contributed by atoms with Crippen LogP contribution in [-0.2, 0) is 10.1 Å². The highest BCUT2D eigenvalue weighted by Crippen LogP contribution is 2.26. The van der Waals surface area contributed by atoms with Gasteiger partial charge in [0, 0.05) is 6.42 Å². The third-order valence-electron chi connectivity index (χ3n) is 3.70. The second kappa shape index (κ2) is 6.15. The molecule has 0 atom stereocenters. The molecule has 0 saturated carbocycles. The van der Waals surface area contributed by atoms with Crippen molar-refractivity contribution in [3.63, 3.8) is 0 Å². The molecule has 1 aromatic carbocycles. The van der Waals surface area contributed by atoms with Gasteiger partial charge >= 0.3 is 0 Å². The summed E-state index contributed by atoms with van der Waals surface area (Å²) in [5.41, 5.74) is 5.00. The Morgan fingerprint density at radius 1 is 1.24 bits per heavy atom. The molecule has 1 N–H and O–H groups in total. The molecule has 0 aromatic heterocycles. The van der Waals surface area contributed by atoms with Gasteiger partial charge in [0.1, 0.15) is 18.8 Å². The number of hydrogen-bond acceptors (Lipinski definition) is 3. The van der Waals surface area contributed by atoms with E-state index in [-0.39, 0.29) is 5.75 Å². The van der Waals surface area contributed by atoms with Gasteiger partial charge in [0.15, 0.2) is 0 Å². The molecular weight excluding hydrogens is 288 g/mol. The first-order chi connectivity index (χ1) is 9.76. The fourth-order valence-electron chi connectivity index (χ4n) is 2.96. The van der Waals surface area contributed by atoms with E-state index in [2.05, 4.69) is 48.7 Å². The summed E-state index contributed by atoms with van der Waals surface area (Å²) in [7, 11) is -3.85. The largest absolute Gasteiger partial charge is 0.286 e. The van der Waals surface area contributed by atoms with Crippen molar-refractivity contribution >= 4 is 22.1 Å². The Bertz CT molecular complexity index is 642. The fourth-order valence-corrected chi connectivity index (χ4v) is 3.46. The summed E-state index contributed by atoms with van der Waals surface area (Å²) in [6, 6.07) is 4.36. The first kappa shape index (κ1) is 16.0. The molecule has 0 fully saturated rings. The summed E-state index contributed by atoms with van der Waals surface area (Å²) in [5.74, 6) is -0.181. The Morgan fingerprint density at radius 3 is 2.43 bits per heavy atom. The van der Waals surface area contributed by atoms with Crippen molar-refractivity contribution in [2.24, 2.45) is 0 Å². The number of nitrogens with zero attached hydrogens (tertiary/aromatic N) is 2. The summed E-state index contributed by atoms with van der Waals surface area (Å²) >= 11 is 0. The van der Waals surface area contributed by atoms with Crippen LogP contribution in [0.4, 0.5) is 5.69 Å². The molecule has 0 amide bonds. The molecule has 2 rings (SSSR count). The van der Waals surface area contributed by atoms with E-state index >= 15 is 0 Å². The molecule has 0 aliphatic carbocycles. The molecule has 0 saturated heterocycles. The molecule has 21 heavy (non-hydrogen) atoms. The van der Waals surface area contributed by atoms with Gasteiger partial charge in [-0.15, -0.1) is 0 Å². The zero-order valence-electron chi connectivity index (χ0n) is 12.8. The average Bonchev–Trinajstić information content (AvgIpc) is 2.74. The molecule has 0 bridgehead atoms. The van der Waals surface area contributed by atoms with Gasteiger partial charge in [-0.2, -0.15) is 8.42 Å². The van der Waals surface area contributed by atoms with Crippen LogP contribution in [-0.4, -0.2) is 49.3 Å². The minimum absolute atomic E-state index is 0.181. The highest BCUT2D eigenvalue weighted by Gasteiger charge is 2.24. The van der Waals surface area contributed by atoms with Crippen molar-refractivity contribution < 1.29 is 17.5 Å². The maximum Gasteiger partial charge on any atom is 0.265 e. The van der Waals surface area contributed by atoms with E-state index in [0.29, 0.717) is 13.0 Å². The Kier molecular flexibility index (Phi) is 4.68. The molecule has 1 aliphatic heterocycles. The SMILES string of the molecule is Cc1cc(C)c(N2C=[N+](CCCS(=O)(=O)O)CC2)c(C)c1. The monoisotopic (exact) mass is 311 g/mol. The van der Waals surface area contributed by atoms with E-state index in [9.17, 15) is 8.42 Å². The zero-order valence-corrected chi connectivity index (χ0v) is 13.7. The van der Waals surface area contributed by atoms with Crippen LogP contribution in [0.3, 0.4) is 0 Å². The summed E-state index contributed by atoms with van der Waals surface area (Å²) in [6.45, 7) is 8.74. The summed E-state index contributed by atoms with van der Waals surface area (Å²) < 4.78 is 32.3. The first-order valence-electron chi connectivity index (χ1n) is 7.15. The lowest BCUT2D eigenvalue weighted by Crippen LogP contribution is -2.20. The predicted molar refractivity (Wildman–Crippen MR) is 85.1 cm³/mol. The Morgan fingerprint density at radius 2 is 1.86 bits per heavy atom. The minimum Gasteiger partial charge on any atom is -0.286 e. The van der Waals surface area contributed by atoms with Gasteiger partial charge in [-0.1, -0.05) is 17.7 Å². The maximum absolute atomic E-state index is 10.7. The van der Waals surface area contributed by atoms with Crippen LogP contribution < -0.4 is 4.90 Å². The van der Waals surface area contributed by atoms with Crippen molar-refractivity contribution in [3.8, 4) is 0 Å². The van der Waals surface area contributed by atoms with Crippen molar-refractivity contribution in [1.29, 1.82) is 0 Å². The van der Waals surface area contributed by atoms with Crippen LogP contribution in [0.5, 0.6) is 0 Å². The molecule has 116 valence electrons. The van der Waals surface area contributed by atoms with Gasteiger partial charge in [-0.3, -0.25) is 9.13 Å². The molecule has 1 aliphatic rings. The number of aryl methyl sites for hydroxylation is 3. The van der Waals surface area contributed by atoms with Gasteiger partial charge in [-0.25, -0.2) is 4.90 Å². The Hall–Kier alpha value is -1.40. The normalized spacial score (nSPS) is 15.4. The number of anilines is 1. The number of benzene rings is 1. The first-order valence-corrected chi connectivity index (χ1v) is 8.76. The number of rotatable bonds is 5. The van der Waals surface area contributed by atoms with E-state index in [1.54, 1.807) is 0 Å². The highest BCUT2D eigenvalue weighted by atomic mass is 32.2. The third kappa shape index (κ3) is 4.28. The second-order valence-corrected chi connectivity index (χ2v) is 7.30. The molecular formula is C15H23N2O3S+. The van der Waals surface area contributed by atoms with Crippen LogP contribution in [0, 0.1) is 20.8 Å². The van der Waals surface area contributed by atoms with Crippen molar-refractivity contribution in [2.75, 3.05) is 30.3 Å². The van der Waals surface area contributed by atoms with Crippen molar-refractivity contribution in [3.05, 3.63) is 28.8 Å². The molecule has 5 nitrogen and oxygen atoms in total. The lowest BCUT2D eigenvalue weighted by atomic mass is 10.0. The lowest BCUT2D eigenvalue weighted by Gasteiger charge is -2.13. The van der Waals surface area contributed by atoms with Gasteiger partial charge in [0.25, 0.3) is 10.1 Å². The van der Waals surface area contributed by atoms with Crippen molar-refractivity contribution in [2.45, 2.75) is 27.2 Å². The van der Waals surface area contributed by atoms with Gasteiger partial charge < -0.3 is 0 Å². The molecule has 1 aromatic rings. The number of hydrogen-bond donors (Lipinski definition) is 1. The topological polar surface area (TPSA) is 60.6 Å². The van der Waals surface area contributed by atoms with Gasteiger partial charge in [-0.05, 0) is 31.9 Å². The van der Waals surface area contributed by atoms with Crippen molar-refractivity contribution in [1.82, 2.24) is 0 Å². The smallest absolute Gasteiger partial charge is 0.265 e. The predicted octanol–water partition coefficient (Wildman–Crippen LogP) is 1.75. The van der Waals surface area contributed by atoms with Crippen LogP contribution in [0.2, 0.25) is 0 Å². The maximum atomic E-state index is 10.7. The van der Waals surface area contributed by atoms with E-state index in [0.717, 1.165) is 13.1 Å². The Labute approximate surface area is 126 Å². The minimum atomic E-state index is -3.85. The standard InChI is InChI=1S/C15H22N2O3S/c1-12-9-13(2)15(14(3)10-12)17-7-6-16(11-17)5-4-8-21(18,19)20/h9-11H,4-8H2,1-3H3/p+1. The second-order valence-electron chi connectivity index (χ2n) is 5.73. The van der Waals surface area contributed by atoms with Gasteiger partial charge in [0.05, 0.1) is 12.3 Å². The van der Waals surface area contributed by atoms with Crippen LogP contribution >= 0.6 is 0 Å². The lowest BCUT2D eigenvalue weighted by molar-refractivity contribution is -0.513. The zero-order chi connectivity index (χ0) is 15.6. The third-order valence-corrected chi connectivity index (χ3v) is 4.51. The quantitative estimate of drug-likeness (QED) is 0.665. The molecule has 1 heterocycles. The molecule has 0 spiro atoms. The van der Waals surface area contributed by atoms with E-state index in [4.69, 9.17) is 4.55 Å². The van der Waals surface area contributed by atoms with Crippen LogP contribution in [0.25, 0.3) is 0 Å². The molecule has 0 radical (unpaired) electrons. The average molecular weight is 311 g/mol. The van der Waals surface area contributed by atoms with E-state index in [1.807, 2.05) is 0 Å². The Balaban J connectivity index is 2.07. The van der Waals surface area contributed by atoms with Crippen LogP contribution in [0.1, 0.15) is 23.1 Å². The van der Waals surface area contributed by atoms with E-state index < -0.39 is 10.1 Å². The van der Waals surface area contributed by atoms with E-state index in [1.165, 1.54) is 22.4 Å². The highest BCUT2D eigenvalue weighted by molar-refractivity contribution is 7.85. The molecule has 6 heteroatoms. The van der Waals surface area contributed by atoms with Crippen LogP contribution in [0.15, 0.2) is 12.1 Å². The van der Waals surface area contributed by atoms with Gasteiger partial charge in [0.2, 0.25) is 6.34 Å². The summed E-state index contributed by atoms with van der Waals surface area (Å²) in [6.07, 6.45) is 2.49. The molecule has 0 unspecified atom stereocenters.